The van der Waals surface area contributed by atoms with Gasteiger partial charge in [0, 0.05) is 0 Å². The van der Waals surface area contributed by atoms with E-state index < -0.39 is 11.0 Å². The molecule has 0 atom stereocenters. The Balaban J connectivity index is -0.000000202. The molecular formula is C12H30NO3S+. The van der Waals surface area contributed by atoms with E-state index in [2.05, 4.69) is 38.6 Å². The Labute approximate surface area is 109 Å². The zero-order valence-corrected chi connectivity index (χ0v) is 13.1. The normalized spacial score (nSPS) is 9.82. The van der Waals surface area contributed by atoms with Crippen molar-refractivity contribution in [2.75, 3.05) is 33.3 Å². The van der Waals surface area contributed by atoms with Crippen molar-refractivity contribution in [2.24, 2.45) is 0 Å². The number of quaternary nitrogens is 1. The van der Waals surface area contributed by atoms with Gasteiger partial charge in [0.25, 0.3) is 11.0 Å². The van der Waals surface area contributed by atoms with Gasteiger partial charge >= 0.3 is 0 Å². The summed E-state index contributed by atoms with van der Waals surface area (Å²) < 4.78 is 24.3. The Morgan fingerprint density at radius 3 is 1.53 bits per heavy atom. The van der Waals surface area contributed by atoms with Gasteiger partial charge in [0.05, 0.1) is 33.3 Å². The summed E-state index contributed by atoms with van der Waals surface area (Å²) in [5, 5.41) is 0. The molecule has 17 heavy (non-hydrogen) atoms. The van der Waals surface area contributed by atoms with Crippen molar-refractivity contribution in [3.05, 3.63) is 12.7 Å². The molecule has 0 N–H and O–H groups in total. The third-order valence-corrected chi connectivity index (χ3v) is 2.95. The molecule has 0 unspecified atom stereocenters. The highest BCUT2D eigenvalue weighted by atomic mass is 32.2. The predicted molar refractivity (Wildman–Crippen MR) is 75.6 cm³/mol. The second-order valence-electron chi connectivity index (χ2n) is 3.38. The van der Waals surface area contributed by atoms with Crippen LogP contribution in [0.25, 0.3) is 0 Å². The first kappa shape index (κ1) is 21.9. The van der Waals surface area contributed by atoms with Gasteiger partial charge in [-0.05, 0) is 20.8 Å². The van der Waals surface area contributed by atoms with Crippen LogP contribution in [0.1, 0.15) is 34.6 Å². The molecule has 0 amide bonds. The fraction of sp³-hybridized carbons (Fsp3) is 0.833. The number of rotatable bonds is 6. The smallest absolute Gasteiger partial charge is 0.257 e. The van der Waals surface area contributed by atoms with Crippen LogP contribution in [0.2, 0.25) is 0 Å². The molecule has 4 nitrogen and oxygen atoms in total. The Kier molecular flexibility index (Phi) is 20.1. The van der Waals surface area contributed by atoms with Gasteiger partial charge in [-0.2, -0.15) is 0 Å². The molecule has 0 aromatic rings. The van der Waals surface area contributed by atoms with Crippen molar-refractivity contribution in [1.82, 2.24) is 0 Å². The highest BCUT2D eigenvalue weighted by molar-refractivity contribution is 7.67. The number of thiol groups is 1. The first-order valence-electron chi connectivity index (χ1n) is 6.17. The van der Waals surface area contributed by atoms with Gasteiger partial charge in [-0.3, -0.25) is 4.18 Å². The molecule has 0 aromatic heterocycles. The fourth-order valence-electron chi connectivity index (χ4n) is 0.784. The van der Waals surface area contributed by atoms with Crippen LogP contribution in [0.15, 0.2) is 12.7 Å². The lowest BCUT2D eigenvalue weighted by Gasteiger charge is -2.30. The molecule has 0 aliphatic carbocycles. The summed E-state index contributed by atoms with van der Waals surface area (Å²) in [6.07, 6.45) is 1.37. The molecule has 106 valence electrons. The van der Waals surface area contributed by atoms with Gasteiger partial charge in [0.15, 0.2) is 0 Å². The van der Waals surface area contributed by atoms with Crippen LogP contribution in [0.4, 0.5) is 0 Å². The van der Waals surface area contributed by atoms with Crippen molar-refractivity contribution in [1.29, 1.82) is 0 Å². The van der Waals surface area contributed by atoms with Gasteiger partial charge < -0.3 is 4.48 Å². The standard InChI is InChI=1S/C7H18N.C3H6O3S.C2H6/c1-5-8(4,6-2)7-3;1-2-3-6-7(4)5;1-2/h5-7H2,1-4H3;2,7H,1,3H2;1-2H3/q+1;;. The van der Waals surface area contributed by atoms with Gasteiger partial charge in [0.2, 0.25) is 0 Å². The van der Waals surface area contributed by atoms with Crippen LogP contribution in [0.3, 0.4) is 0 Å². The maximum Gasteiger partial charge on any atom is 0.257 e. The lowest BCUT2D eigenvalue weighted by Crippen LogP contribution is -2.42. The molecule has 0 rings (SSSR count). The van der Waals surface area contributed by atoms with Crippen molar-refractivity contribution in [3.8, 4) is 0 Å². The summed E-state index contributed by atoms with van der Waals surface area (Å²) in [6, 6.07) is 0. The SMILES string of the molecule is C=CCO[SH](=O)=O.CC.CC[N+](C)(CC)CC. The highest BCUT2D eigenvalue weighted by Gasteiger charge is 2.10. The number of nitrogens with zero attached hydrogens (tertiary/aromatic N) is 1. The molecule has 0 aliphatic heterocycles. The maximum absolute atomic E-state index is 9.53. The minimum atomic E-state index is -2.68. The molecule has 0 bridgehead atoms. The summed E-state index contributed by atoms with van der Waals surface area (Å²) >= 11 is 0. The summed E-state index contributed by atoms with van der Waals surface area (Å²) in [4.78, 5) is 0. The maximum atomic E-state index is 9.53. The van der Waals surface area contributed by atoms with Crippen LogP contribution in [-0.2, 0) is 15.2 Å². The lowest BCUT2D eigenvalue weighted by molar-refractivity contribution is -0.904. The Morgan fingerprint density at radius 1 is 1.12 bits per heavy atom. The molecule has 0 heterocycles. The van der Waals surface area contributed by atoms with E-state index in [1.807, 2.05) is 13.8 Å². The van der Waals surface area contributed by atoms with Crippen LogP contribution >= 0.6 is 0 Å². The van der Waals surface area contributed by atoms with E-state index in [1.54, 1.807) is 0 Å². The van der Waals surface area contributed by atoms with Gasteiger partial charge in [-0.1, -0.05) is 19.9 Å². The zero-order valence-electron chi connectivity index (χ0n) is 12.2. The van der Waals surface area contributed by atoms with E-state index in [-0.39, 0.29) is 6.61 Å². The third-order valence-electron chi connectivity index (χ3n) is 2.59. The van der Waals surface area contributed by atoms with Gasteiger partial charge in [0.1, 0.15) is 0 Å². The predicted octanol–water partition coefficient (Wildman–Crippen LogP) is 2.23. The first-order valence-corrected chi connectivity index (χ1v) is 7.27. The number of hydrogen-bond acceptors (Lipinski definition) is 3. The van der Waals surface area contributed by atoms with Crippen molar-refractivity contribution in [3.63, 3.8) is 0 Å². The summed E-state index contributed by atoms with van der Waals surface area (Å²) in [7, 11) is -0.386. The fourth-order valence-corrected chi connectivity index (χ4v) is 1.01. The summed E-state index contributed by atoms with van der Waals surface area (Å²) in [5.41, 5.74) is 0. The van der Waals surface area contributed by atoms with Gasteiger partial charge in [-0.25, -0.2) is 8.42 Å². The molecule has 0 saturated carbocycles. The molecule has 0 fully saturated rings. The van der Waals surface area contributed by atoms with Crippen molar-refractivity contribution in [2.45, 2.75) is 34.6 Å². The molecular weight excluding hydrogens is 238 g/mol. The third kappa shape index (κ3) is 18.2. The highest BCUT2D eigenvalue weighted by Crippen LogP contribution is 1.97. The molecule has 0 spiro atoms. The monoisotopic (exact) mass is 268 g/mol. The van der Waals surface area contributed by atoms with E-state index in [4.69, 9.17) is 0 Å². The van der Waals surface area contributed by atoms with Crippen LogP contribution < -0.4 is 0 Å². The van der Waals surface area contributed by atoms with E-state index in [1.165, 1.54) is 30.2 Å². The second-order valence-corrected chi connectivity index (χ2v) is 4.08. The Bertz CT molecular complexity index is 208. The van der Waals surface area contributed by atoms with Gasteiger partial charge in [-0.15, -0.1) is 6.58 Å². The summed E-state index contributed by atoms with van der Waals surface area (Å²) in [6.45, 7) is 17.8. The zero-order chi connectivity index (χ0) is 14.3. The van der Waals surface area contributed by atoms with E-state index in [0.717, 1.165) is 0 Å². The Morgan fingerprint density at radius 2 is 1.47 bits per heavy atom. The van der Waals surface area contributed by atoms with Crippen LogP contribution in [0, 0.1) is 0 Å². The molecule has 0 aromatic carbocycles. The Hall–Kier alpha value is -0.390. The average Bonchev–Trinajstić information content (AvgIpc) is 2.38. The number of hydrogen-bond donors (Lipinski definition) is 1. The topological polar surface area (TPSA) is 43.4 Å². The minimum Gasteiger partial charge on any atom is -0.327 e. The van der Waals surface area contributed by atoms with E-state index >= 15 is 0 Å². The largest absolute Gasteiger partial charge is 0.327 e. The van der Waals surface area contributed by atoms with E-state index in [9.17, 15) is 8.42 Å². The molecule has 0 radical (unpaired) electrons. The quantitative estimate of drug-likeness (QED) is 0.456. The first-order chi connectivity index (χ1) is 7.95. The molecule has 0 saturated heterocycles. The summed E-state index contributed by atoms with van der Waals surface area (Å²) in [5.74, 6) is 0. The molecule has 5 heteroatoms. The van der Waals surface area contributed by atoms with E-state index in [0.29, 0.717) is 0 Å². The second kappa shape index (κ2) is 15.6. The van der Waals surface area contributed by atoms with Crippen LogP contribution in [0.5, 0.6) is 0 Å². The molecule has 0 aliphatic rings. The van der Waals surface area contributed by atoms with Crippen LogP contribution in [-0.4, -0.2) is 46.2 Å². The van der Waals surface area contributed by atoms with Crippen molar-refractivity contribution >= 4 is 11.0 Å². The lowest BCUT2D eigenvalue weighted by atomic mass is 10.4. The minimum absolute atomic E-state index is 0.0682. The van der Waals surface area contributed by atoms with Crippen molar-refractivity contribution < 1.29 is 17.1 Å². The average molecular weight is 268 g/mol.